The van der Waals surface area contributed by atoms with Crippen LogP contribution in [0.2, 0.25) is 0 Å². The minimum atomic E-state index is -0.758. The Hall–Kier alpha value is -0.220. The molecule has 0 bridgehead atoms. The first-order valence-electron chi connectivity index (χ1n) is 4.63. The molecule has 0 saturated carbocycles. The summed E-state index contributed by atoms with van der Waals surface area (Å²) in [6, 6.07) is 0. The highest BCUT2D eigenvalue weighted by molar-refractivity contribution is 7.99. The highest BCUT2D eigenvalue weighted by Gasteiger charge is 2.30. The summed E-state index contributed by atoms with van der Waals surface area (Å²) in [7, 11) is 0. The first-order chi connectivity index (χ1) is 6.06. The highest BCUT2D eigenvalue weighted by atomic mass is 32.2. The van der Waals surface area contributed by atoms with E-state index in [2.05, 4.69) is 12.2 Å². The van der Waals surface area contributed by atoms with Crippen LogP contribution in [0.3, 0.4) is 0 Å². The Morgan fingerprint density at radius 3 is 2.54 bits per heavy atom. The number of nitrogens with one attached hydrogen (secondary N) is 1. The minimum absolute atomic E-state index is 0.675. The zero-order valence-corrected chi connectivity index (χ0v) is 9.41. The maximum Gasteiger partial charge on any atom is 0.323 e. The molecule has 0 saturated heterocycles. The zero-order chi connectivity index (χ0) is 10.3. The van der Waals surface area contributed by atoms with E-state index in [-0.39, 0.29) is 0 Å². The van der Waals surface area contributed by atoms with Crippen LogP contribution in [-0.4, -0.2) is 34.7 Å². The van der Waals surface area contributed by atoms with Gasteiger partial charge in [0.15, 0.2) is 0 Å². The van der Waals surface area contributed by atoms with E-state index in [0.717, 1.165) is 11.5 Å². The van der Waals surface area contributed by atoms with E-state index in [1.807, 2.05) is 6.92 Å². The standard InChI is InChI=1S/C9H19NO2S/c1-4-10-9(3,8(11)12)6-7-13-5-2/h10H,4-7H2,1-3H3,(H,11,12). The number of rotatable bonds is 7. The smallest absolute Gasteiger partial charge is 0.323 e. The van der Waals surface area contributed by atoms with Gasteiger partial charge in [-0.3, -0.25) is 4.79 Å². The van der Waals surface area contributed by atoms with Crippen LogP contribution in [0.25, 0.3) is 0 Å². The molecule has 0 aliphatic heterocycles. The van der Waals surface area contributed by atoms with Crippen LogP contribution < -0.4 is 5.32 Å². The second kappa shape index (κ2) is 6.27. The molecule has 0 spiro atoms. The van der Waals surface area contributed by atoms with Gasteiger partial charge in [-0.15, -0.1) is 0 Å². The van der Waals surface area contributed by atoms with Gasteiger partial charge < -0.3 is 10.4 Å². The second-order valence-electron chi connectivity index (χ2n) is 3.11. The van der Waals surface area contributed by atoms with Crippen molar-refractivity contribution in [1.29, 1.82) is 0 Å². The van der Waals surface area contributed by atoms with Gasteiger partial charge in [-0.25, -0.2) is 0 Å². The molecule has 0 aromatic carbocycles. The van der Waals surface area contributed by atoms with Crippen molar-refractivity contribution < 1.29 is 9.90 Å². The van der Waals surface area contributed by atoms with Crippen molar-refractivity contribution in [3.63, 3.8) is 0 Å². The number of hydrogen-bond donors (Lipinski definition) is 2. The number of likely N-dealkylation sites (N-methyl/N-ethyl adjacent to an activating group) is 1. The van der Waals surface area contributed by atoms with E-state index in [1.54, 1.807) is 18.7 Å². The van der Waals surface area contributed by atoms with Gasteiger partial charge in [-0.2, -0.15) is 11.8 Å². The third-order valence-electron chi connectivity index (χ3n) is 1.99. The van der Waals surface area contributed by atoms with Crippen LogP contribution in [0.4, 0.5) is 0 Å². The Kier molecular flexibility index (Phi) is 6.16. The molecule has 0 heterocycles. The van der Waals surface area contributed by atoms with Crippen LogP contribution >= 0.6 is 11.8 Å². The van der Waals surface area contributed by atoms with E-state index < -0.39 is 11.5 Å². The summed E-state index contributed by atoms with van der Waals surface area (Å²) in [5.41, 5.74) is -0.753. The van der Waals surface area contributed by atoms with Crippen molar-refractivity contribution in [2.45, 2.75) is 32.7 Å². The van der Waals surface area contributed by atoms with Gasteiger partial charge in [-0.1, -0.05) is 13.8 Å². The zero-order valence-electron chi connectivity index (χ0n) is 8.59. The maximum absolute atomic E-state index is 10.9. The molecule has 1 atom stereocenters. The van der Waals surface area contributed by atoms with Gasteiger partial charge in [0.2, 0.25) is 0 Å². The Labute approximate surface area is 84.3 Å². The number of hydrogen-bond acceptors (Lipinski definition) is 3. The maximum atomic E-state index is 10.9. The summed E-state index contributed by atoms with van der Waals surface area (Å²) < 4.78 is 0. The number of aliphatic carboxylic acids is 1. The molecule has 2 N–H and O–H groups in total. The highest BCUT2D eigenvalue weighted by Crippen LogP contribution is 2.14. The molecule has 0 radical (unpaired) electrons. The Bertz CT molecular complexity index is 164. The van der Waals surface area contributed by atoms with Crippen LogP contribution in [0, 0.1) is 0 Å². The molecular weight excluding hydrogens is 186 g/mol. The molecule has 4 heteroatoms. The molecule has 78 valence electrons. The fraction of sp³-hybridized carbons (Fsp3) is 0.889. The second-order valence-corrected chi connectivity index (χ2v) is 4.51. The third-order valence-corrected chi connectivity index (χ3v) is 2.89. The number of carboxylic acids is 1. The first kappa shape index (κ1) is 12.8. The predicted molar refractivity (Wildman–Crippen MR) is 57.3 cm³/mol. The van der Waals surface area contributed by atoms with E-state index in [4.69, 9.17) is 5.11 Å². The fourth-order valence-corrected chi connectivity index (χ4v) is 1.92. The summed E-state index contributed by atoms with van der Waals surface area (Å²) >= 11 is 1.77. The summed E-state index contributed by atoms with van der Waals surface area (Å²) in [4.78, 5) is 10.9. The summed E-state index contributed by atoms with van der Waals surface area (Å²) in [5.74, 6) is 1.18. The lowest BCUT2D eigenvalue weighted by atomic mass is 9.99. The van der Waals surface area contributed by atoms with Gasteiger partial charge in [0, 0.05) is 0 Å². The largest absolute Gasteiger partial charge is 0.480 e. The van der Waals surface area contributed by atoms with Gasteiger partial charge in [0.05, 0.1) is 0 Å². The van der Waals surface area contributed by atoms with E-state index in [1.165, 1.54) is 0 Å². The van der Waals surface area contributed by atoms with Crippen LogP contribution in [0.1, 0.15) is 27.2 Å². The molecule has 0 amide bonds. The van der Waals surface area contributed by atoms with E-state index in [9.17, 15) is 4.79 Å². The van der Waals surface area contributed by atoms with E-state index in [0.29, 0.717) is 13.0 Å². The molecule has 0 aromatic heterocycles. The number of carboxylic acid groups (broad SMARTS) is 1. The van der Waals surface area contributed by atoms with Gasteiger partial charge in [0.1, 0.15) is 5.54 Å². The molecule has 0 aromatic rings. The molecule has 3 nitrogen and oxygen atoms in total. The first-order valence-corrected chi connectivity index (χ1v) is 5.78. The fourth-order valence-electron chi connectivity index (χ4n) is 1.08. The molecule has 1 unspecified atom stereocenters. The van der Waals surface area contributed by atoms with Crippen molar-refractivity contribution in [2.75, 3.05) is 18.1 Å². The lowest BCUT2D eigenvalue weighted by Crippen LogP contribution is -2.49. The molecule has 0 aliphatic carbocycles. The van der Waals surface area contributed by atoms with Crippen molar-refractivity contribution >= 4 is 17.7 Å². The molecular formula is C9H19NO2S. The van der Waals surface area contributed by atoms with Crippen molar-refractivity contribution in [2.24, 2.45) is 0 Å². The summed E-state index contributed by atoms with van der Waals surface area (Å²) in [6.07, 6.45) is 0.675. The predicted octanol–water partition coefficient (Wildman–Crippen LogP) is 1.58. The normalized spacial score (nSPS) is 15.3. The number of thioether (sulfide) groups is 1. The van der Waals surface area contributed by atoms with Gasteiger partial charge >= 0.3 is 5.97 Å². The lowest BCUT2D eigenvalue weighted by Gasteiger charge is -2.25. The van der Waals surface area contributed by atoms with Crippen LogP contribution in [0.15, 0.2) is 0 Å². The SMILES string of the molecule is CCNC(C)(CCSCC)C(=O)O. The monoisotopic (exact) mass is 205 g/mol. The topological polar surface area (TPSA) is 49.3 Å². The van der Waals surface area contributed by atoms with Crippen molar-refractivity contribution in [1.82, 2.24) is 5.32 Å². The summed E-state index contributed by atoms with van der Waals surface area (Å²) in [5, 5.41) is 12.0. The average molecular weight is 205 g/mol. The Morgan fingerprint density at radius 2 is 2.15 bits per heavy atom. The Morgan fingerprint density at radius 1 is 1.54 bits per heavy atom. The molecule has 0 fully saturated rings. The average Bonchev–Trinajstić information content (AvgIpc) is 2.05. The Balaban J connectivity index is 4.00. The lowest BCUT2D eigenvalue weighted by molar-refractivity contribution is -0.144. The van der Waals surface area contributed by atoms with Crippen molar-refractivity contribution in [3.8, 4) is 0 Å². The third kappa shape index (κ3) is 4.52. The van der Waals surface area contributed by atoms with Crippen molar-refractivity contribution in [3.05, 3.63) is 0 Å². The molecule has 0 aliphatic rings. The summed E-state index contributed by atoms with van der Waals surface area (Å²) in [6.45, 7) is 6.44. The quantitative estimate of drug-likeness (QED) is 0.620. The van der Waals surface area contributed by atoms with E-state index >= 15 is 0 Å². The minimum Gasteiger partial charge on any atom is -0.480 e. The van der Waals surface area contributed by atoms with Gasteiger partial charge in [-0.05, 0) is 31.4 Å². The van der Waals surface area contributed by atoms with Gasteiger partial charge in [0.25, 0.3) is 0 Å². The van der Waals surface area contributed by atoms with Crippen LogP contribution in [-0.2, 0) is 4.79 Å². The van der Waals surface area contributed by atoms with Crippen LogP contribution in [0.5, 0.6) is 0 Å². The molecule has 0 rings (SSSR count). The molecule has 13 heavy (non-hydrogen) atoms. The number of carbonyl (C=O) groups is 1.